The van der Waals surface area contributed by atoms with E-state index in [1.807, 2.05) is 0 Å². The number of rotatable bonds is 3. The molecule has 1 aromatic heterocycles. The van der Waals surface area contributed by atoms with Gasteiger partial charge in [-0.15, -0.1) is 0 Å². The molecule has 0 aliphatic carbocycles. The summed E-state index contributed by atoms with van der Waals surface area (Å²) in [5, 5.41) is 10.9. The molecule has 0 aliphatic heterocycles. The number of hydrogen-bond acceptors (Lipinski definition) is 5. The van der Waals surface area contributed by atoms with Gasteiger partial charge in [0.05, 0.1) is 16.0 Å². The van der Waals surface area contributed by atoms with Gasteiger partial charge in [0.2, 0.25) is 5.78 Å². The van der Waals surface area contributed by atoms with Crippen LogP contribution in [0.4, 0.5) is 5.69 Å². The number of nitrogens with zero attached hydrogens (tertiary/aromatic N) is 3. The number of hydrogen-bond donors (Lipinski definition) is 0. The molecule has 7 nitrogen and oxygen atoms in total. The number of aromatic nitrogens is 2. The fourth-order valence-corrected chi connectivity index (χ4v) is 2.31. The van der Waals surface area contributed by atoms with E-state index in [-0.39, 0.29) is 16.9 Å². The van der Waals surface area contributed by atoms with Crippen molar-refractivity contribution >= 4 is 22.5 Å². The minimum Gasteiger partial charge on any atom is -0.308 e. The molecule has 1 heterocycles. The molecule has 0 atom stereocenters. The van der Waals surface area contributed by atoms with Crippen LogP contribution in [0.1, 0.15) is 16.1 Å². The van der Waals surface area contributed by atoms with Crippen LogP contribution in [0.2, 0.25) is 0 Å². The predicted molar refractivity (Wildman–Crippen MR) is 83.5 cm³/mol. The summed E-state index contributed by atoms with van der Waals surface area (Å²) in [6.07, 6.45) is 0. The van der Waals surface area contributed by atoms with E-state index in [4.69, 9.17) is 0 Å². The molecular weight excluding hydrogens is 298 g/mol. The van der Waals surface area contributed by atoms with Gasteiger partial charge in [-0.2, -0.15) is 0 Å². The zero-order chi connectivity index (χ0) is 16.6. The Morgan fingerprint density at radius 2 is 1.87 bits per heavy atom. The molecule has 0 aliphatic rings. The molecule has 0 fully saturated rings. The topological polar surface area (TPSA) is 95.1 Å². The van der Waals surface area contributed by atoms with Crippen molar-refractivity contribution in [3.05, 3.63) is 80.3 Å². The molecule has 0 amide bonds. The van der Waals surface area contributed by atoms with Crippen molar-refractivity contribution in [3.63, 3.8) is 0 Å². The highest BCUT2D eigenvalue weighted by molar-refractivity contribution is 6.08. The molecule has 2 aromatic carbocycles. The summed E-state index contributed by atoms with van der Waals surface area (Å²) in [6.45, 7) is 0. The van der Waals surface area contributed by atoms with Crippen molar-refractivity contribution in [1.29, 1.82) is 0 Å². The normalized spacial score (nSPS) is 10.7. The number of non-ortho nitro benzene ring substituents is 1. The molecule has 3 aromatic rings. The number of ketones is 1. The van der Waals surface area contributed by atoms with E-state index >= 15 is 0 Å². The maximum atomic E-state index is 12.5. The zero-order valence-corrected chi connectivity index (χ0v) is 12.1. The fourth-order valence-electron chi connectivity index (χ4n) is 2.31. The molecule has 7 heteroatoms. The van der Waals surface area contributed by atoms with Gasteiger partial charge in [0.15, 0.2) is 5.69 Å². The number of benzene rings is 2. The minimum absolute atomic E-state index is 0.151. The lowest BCUT2D eigenvalue weighted by atomic mass is 10.1. The Balaban J connectivity index is 2.25. The van der Waals surface area contributed by atoms with Crippen molar-refractivity contribution in [2.24, 2.45) is 7.05 Å². The van der Waals surface area contributed by atoms with E-state index < -0.39 is 16.3 Å². The maximum Gasteiger partial charge on any atom is 0.280 e. The van der Waals surface area contributed by atoms with Crippen molar-refractivity contribution in [2.45, 2.75) is 0 Å². The summed E-state index contributed by atoms with van der Waals surface area (Å²) in [5.74, 6) is -0.514. The van der Waals surface area contributed by atoms with Crippen LogP contribution >= 0.6 is 0 Å². The van der Waals surface area contributed by atoms with Gasteiger partial charge in [0, 0.05) is 24.7 Å². The lowest BCUT2D eigenvalue weighted by Gasteiger charge is -2.07. The second kappa shape index (κ2) is 5.45. The molecule has 114 valence electrons. The lowest BCUT2D eigenvalue weighted by molar-refractivity contribution is -0.384. The Kier molecular flexibility index (Phi) is 3.46. The van der Waals surface area contributed by atoms with Crippen molar-refractivity contribution in [3.8, 4) is 0 Å². The minimum atomic E-state index is -0.551. The second-order valence-corrected chi connectivity index (χ2v) is 4.95. The Bertz CT molecular complexity index is 993. The third-order valence-electron chi connectivity index (χ3n) is 3.52. The largest absolute Gasteiger partial charge is 0.308 e. The van der Waals surface area contributed by atoms with Crippen LogP contribution in [-0.2, 0) is 7.05 Å². The van der Waals surface area contributed by atoms with Crippen LogP contribution in [-0.4, -0.2) is 20.3 Å². The second-order valence-electron chi connectivity index (χ2n) is 4.95. The Morgan fingerprint density at radius 3 is 2.52 bits per heavy atom. The summed E-state index contributed by atoms with van der Waals surface area (Å²) in [6, 6.07) is 12.3. The van der Waals surface area contributed by atoms with Crippen LogP contribution in [0.25, 0.3) is 11.0 Å². The molecule has 0 saturated heterocycles. The van der Waals surface area contributed by atoms with Gasteiger partial charge >= 0.3 is 0 Å². The van der Waals surface area contributed by atoms with Gasteiger partial charge in [-0.25, -0.2) is 4.98 Å². The molecular formula is C16H11N3O4. The van der Waals surface area contributed by atoms with Gasteiger partial charge in [0.25, 0.3) is 11.2 Å². The summed E-state index contributed by atoms with van der Waals surface area (Å²) >= 11 is 0. The summed E-state index contributed by atoms with van der Waals surface area (Å²) in [4.78, 5) is 39.2. The number of carbonyl (C=O) groups excluding carboxylic acids is 1. The molecule has 0 N–H and O–H groups in total. The van der Waals surface area contributed by atoms with E-state index in [9.17, 15) is 19.7 Å². The number of nitro groups is 1. The number of carbonyl (C=O) groups is 1. The number of aryl methyl sites for hydroxylation is 1. The average molecular weight is 309 g/mol. The molecule has 0 saturated carbocycles. The molecule has 3 rings (SSSR count). The first kappa shape index (κ1) is 14.6. The number of nitro benzene ring substituents is 1. The molecule has 0 bridgehead atoms. The van der Waals surface area contributed by atoms with E-state index in [2.05, 4.69) is 4.98 Å². The van der Waals surface area contributed by atoms with Crippen LogP contribution in [0.15, 0.2) is 53.3 Å². The smallest absolute Gasteiger partial charge is 0.280 e. The summed E-state index contributed by atoms with van der Waals surface area (Å²) in [7, 11) is 1.50. The highest BCUT2D eigenvalue weighted by Crippen LogP contribution is 2.18. The number of fused-ring (bicyclic) bond motifs is 1. The molecule has 23 heavy (non-hydrogen) atoms. The first-order chi connectivity index (χ1) is 11.0. The highest BCUT2D eigenvalue weighted by atomic mass is 16.6. The van der Waals surface area contributed by atoms with Gasteiger partial charge in [-0.3, -0.25) is 19.7 Å². The van der Waals surface area contributed by atoms with Crippen LogP contribution in [0, 0.1) is 10.1 Å². The molecule has 0 spiro atoms. The molecule has 0 unspecified atom stereocenters. The van der Waals surface area contributed by atoms with Crippen LogP contribution in [0.5, 0.6) is 0 Å². The summed E-state index contributed by atoms with van der Waals surface area (Å²) in [5.41, 5.74) is 0.0290. The van der Waals surface area contributed by atoms with Crippen molar-refractivity contribution in [1.82, 2.24) is 9.55 Å². The first-order valence-electron chi connectivity index (χ1n) is 6.74. The van der Waals surface area contributed by atoms with Crippen LogP contribution < -0.4 is 5.56 Å². The fraction of sp³-hybridized carbons (Fsp3) is 0.0625. The van der Waals surface area contributed by atoms with Gasteiger partial charge in [0.1, 0.15) is 0 Å². The Morgan fingerprint density at radius 1 is 1.17 bits per heavy atom. The highest BCUT2D eigenvalue weighted by Gasteiger charge is 2.19. The predicted octanol–water partition coefficient (Wildman–Crippen LogP) is 2.07. The van der Waals surface area contributed by atoms with Crippen molar-refractivity contribution in [2.75, 3.05) is 0 Å². The van der Waals surface area contributed by atoms with E-state index in [1.165, 1.54) is 29.8 Å². The van der Waals surface area contributed by atoms with E-state index in [0.717, 1.165) is 0 Å². The zero-order valence-electron chi connectivity index (χ0n) is 12.1. The van der Waals surface area contributed by atoms with Crippen molar-refractivity contribution < 1.29 is 9.72 Å². The average Bonchev–Trinajstić information content (AvgIpc) is 2.57. The van der Waals surface area contributed by atoms with Gasteiger partial charge < -0.3 is 4.57 Å². The van der Waals surface area contributed by atoms with E-state index in [1.54, 1.807) is 30.3 Å². The van der Waals surface area contributed by atoms with Gasteiger partial charge in [-0.05, 0) is 6.07 Å². The standard InChI is InChI=1S/C16H11N3O4/c1-18-13-8-7-11(19(22)23)9-12(13)17-14(16(18)21)15(20)10-5-3-2-4-6-10/h2-9H,1H3. The lowest BCUT2D eigenvalue weighted by Crippen LogP contribution is -2.27. The first-order valence-corrected chi connectivity index (χ1v) is 6.74. The Labute approximate surface area is 130 Å². The van der Waals surface area contributed by atoms with Crippen LogP contribution in [0.3, 0.4) is 0 Å². The monoisotopic (exact) mass is 309 g/mol. The van der Waals surface area contributed by atoms with Gasteiger partial charge in [-0.1, -0.05) is 30.3 Å². The Hall–Kier alpha value is -3.35. The third kappa shape index (κ3) is 2.48. The quantitative estimate of drug-likeness (QED) is 0.419. The SMILES string of the molecule is Cn1c(=O)c(C(=O)c2ccccc2)nc2cc([N+](=O)[O-])ccc21. The maximum absolute atomic E-state index is 12.5. The third-order valence-corrected chi connectivity index (χ3v) is 3.52. The summed E-state index contributed by atoms with van der Waals surface area (Å²) < 4.78 is 1.27. The molecule has 0 radical (unpaired) electrons. The van der Waals surface area contributed by atoms with E-state index in [0.29, 0.717) is 11.1 Å².